The number of carbonyl (C=O) groups is 1. The van der Waals surface area contributed by atoms with E-state index in [0.717, 1.165) is 5.56 Å². The maximum atomic E-state index is 11.5. The number of carbonyl (C=O) groups excluding carboxylic acids is 1. The summed E-state index contributed by atoms with van der Waals surface area (Å²) in [6.07, 6.45) is 2.89. The number of nitrogen functional groups attached to an aromatic ring is 1. The molecule has 0 atom stereocenters. The number of rotatable bonds is 5. The molecule has 0 aliphatic heterocycles. The van der Waals surface area contributed by atoms with Gasteiger partial charge in [0.25, 0.3) is 0 Å². The van der Waals surface area contributed by atoms with Gasteiger partial charge in [-0.05, 0) is 6.92 Å². The first-order chi connectivity index (χ1) is 10.7. The lowest BCUT2D eigenvalue weighted by Crippen LogP contribution is -2.14. The molecule has 0 radical (unpaired) electrons. The lowest BCUT2D eigenvalue weighted by molar-refractivity contribution is -0.138. The summed E-state index contributed by atoms with van der Waals surface area (Å²) in [6, 6.07) is 11.3. The van der Waals surface area contributed by atoms with E-state index in [9.17, 15) is 4.79 Å². The van der Waals surface area contributed by atoms with E-state index in [1.807, 2.05) is 30.3 Å². The van der Waals surface area contributed by atoms with E-state index in [0.29, 0.717) is 5.69 Å². The molecular weight excluding hydrogens is 282 g/mol. The number of hydrogen-bond acceptors (Lipinski definition) is 6. The van der Waals surface area contributed by atoms with Crippen LogP contribution in [0.15, 0.2) is 48.3 Å². The van der Waals surface area contributed by atoms with Crippen LogP contribution in [0.25, 0.3) is 11.3 Å². The van der Waals surface area contributed by atoms with Crippen LogP contribution in [0.2, 0.25) is 0 Å². The van der Waals surface area contributed by atoms with E-state index in [-0.39, 0.29) is 18.1 Å². The third-order valence-electron chi connectivity index (χ3n) is 2.77. The zero-order chi connectivity index (χ0) is 15.9. The summed E-state index contributed by atoms with van der Waals surface area (Å²) in [7, 11) is 0. The fourth-order valence-corrected chi connectivity index (χ4v) is 1.73. The summed E-state index contributed by atoms with van der Waals surface area (Å²) in [5.74, 6) is -0.490. The third kappa shape index (κ3) is 3.43. The van der Waals surface area contributed by atoms with E-state index in [4.69, 9.17) is 15.7 Å². The van der Waals surface area contributed by atoms with Crippen molar-refractivity contribution in [3.63, 3.8) is 0 Å². The Hall–Kier alpha value is -3.27. The van der Waals surface area contributed by atoms with Crippen molar-refractivity contribution >= 4 is 11.9 Å². The van der Waals surface area contributed by atoms with Gasteiger partial charge in [0.1, 0.15) is 6.07 Å². The highest BCUT2D eigenvalue weighted by Crippen LogP contribution is 2.18. The smallest absolute Gasteiger partial charge is 0.350 e. The Balaban J connectivity index is 2.19. The molecule has 0 aliphatic rings. The minimum atomic E-state index is -0.695. The van der Waals surface area contributed by atoms with Crippen LogP contribution in [0.3, 0.4) is 0 Å². The average molecular weight is 297 g/mol. The minimum Gasteiger partial charge on any atom is -0.462 e. The molecule has 3 N–H and O–H groups in total. The van der Waals surface area contributed by atoms with Gasteiger partial charge in [-0.2, -0.15) is 5.26 Å². The number of nitriles is 1. The lowest BCUT2D eigenvalue weighted by atomic mass is 10.2. The molecule has 22 heavy (non-hydrogen) atoms. The van der Waals surface area contributed by atoms with Crippen LogP contribution in [0.5, 0.6) is 0 Å². The summed E-state index contributed by atoms with van der Waals surface area (Å²) in [5.41, 5.74) is 9.96. The van der Waals surface area contributed by atoms with Crippen LogP contribution < -0.4 is 11.2 Å². The van der Waals surface area contributed by atoms with Crippen molar-refractivity contribution in [3.05, 3.63) is 48.3 Å². The topological polar surface area (TPSA) is 106 Å². The summed E-state index contributed by atoms with van der Waals surface area (Å²) >= 11 is 0. The van der Waals surface area contributed by atoms with Crippen LogP contribution in [-0.2, 0) is 9.53 Å². The second-order valence-electron chi connectivity index (χ2n) is 4.24. The molecule has 2 aromatic rings. The molecular formula is C15H15N5O2. The molecule has 112 valence electrons. The number of anilines is 1. The fraction of sp³-hybridized carbons (Fsp3) is 0.133. The molecule has 0 spiro atoms. The Morgan fingerprint density at radius 2 is 2.23 bits per heavy atom. The van der Waals surface area contributed by atoms with Crippen LogP contribution >= 0.6 is 0 Å². The van der Waals surface area contributed by atoms with Crippen molar-refractivity contribution < 1.29 is 9.53 Å². The SMILES string of the molecule is CCOC(=O)C(C#N)=CNn1cc(-c2ccccc2)nc1N. The van der Waals surface area contributed by atoms with Crippen molar-refractivity contribution in [1.29, 1.82) is 5.26 Å². The molecule has 1 aromatic carbocycles. The number of benzene rings is 1. The Kier molecular flexibility index (Phi) is 4.78. The Morgan fingerprint density at radius 3 is 2.86 bits per heavy atom. The van der Waals surface area contributed by atoms with Crippen LogP contribution in [0.4, 0.5) is 5.95 Å². The highest BCUT2D eigenvalue weighted by atomic mass is 16.5. The summed E-state index contributed by atoms with van der Waals surface area (Å²) in [4.78, 5) is 15.7. The number of hydrogen-bond donors (Lipinski definition) is 2. The Morgan fingerprint density at radius 1 is 1.50 bits per heavy atom. The highest BCUT2D eigenvalue weighted by molar-refractivity contribution is 5.92. The van der Waals surface area contributed by atoms with Gasteiger partial charge in [-0.3, -0.25) is 5.43 Å². The van der Waals surface area contributed by atoms with Gasteiger partial charge in [0.05, 0.1) is 18.5 Å². The Bertz CT molecular complexity index is 728. The van der Waals surface area contributed by atoms with Gasteiger partial charge in [0.2, 0.25) is 5.95 Å². The first kappa shape index (κ1) is 15.1. The van der Waals surface area contributed by atoms with Crippen LogP contribution in [0, 0.1) is 11.3 Å². The third-order valence-corrected chi connectivity index (χ3v) is 2.77. The van der Waals surface area contributed by atoms with Crippen molar-refractivity contribution in [1.82, 2.24) is 9.66 Å². The number of ether oxygens (including phenoxy) is 1. The number of imidazole rings is 1. The van der Waals surface area contributed by atoms with Crippen molar-refractivity contribution in [2.24, 2.45) is 0 Å². The Labute approximate surface area is 127 Å². The molecule has 7 heteroatoms. The van der Waals surface area contributed by atoms with Gasteiger partial charge in [0.15, 0.2) is 5.57 Å². The maximum absolute atomic E-state index is 11.5. The fourth-order valence-electron chi connectivity index (χ4n) is 1.73. The normalized spacial score (nSPS) is 10.8. The predicted molar refractivity (Wildman–Crippen MR) is 81.8 cm³/mol. The molecule has 0 saturated carbocycles. The van der Waals surface area contributed by atoms with Gasteiger partial charge in [-0.25, -0.2) is 14.5 Å². The molecule has 7 nitrogen and oxygen atoms in total. The molecule has 0 amide bonds. The van der Waals surface area contributed by atoms with E-state index in [1.165, 1.54) is 10.9 Å². The zero-order valence-electron chi connectivity index (χ0n) is 12.0. The first-order valence-electron chi connectivity index (χ1n) is 6.60. The van der Waals surface area contributed by atoms with Gasteiger partial charge in [0, 0.05) is 11.8 Å². The molecule has 0 aliphatic carbocycles. The number of esters is 1. The number of nitrogens with two attached hydrogens (primary N) is 1. The van der Waals surface area contributed by atoms with Gasteiger partial charge in [-0.1, -0.05) is 30.3 Å². The van der Waals surface area contributed by atoms with Crippen molar-refractivity contribution in [3.8, 4) is 17.3 Å². The van der Waals surface area contributed by atoms with Crippen LogP contribution in [0.1, 0.15) is 6.92 Å². The highest BCUT2D eigenvalue weighted by Gasteiger charge is 2.10. The van der Waals surface area contributed by atoms with Gasteiger partial charge < -0.3 is 10.5 Å². The van der Waals surface area contributed by atoms with Gasteiger partial charge >= 0.3 is 5.97 Å². The maximum Gasteiger partial charge on any atom is 0.350 e. The van der Waals surface area contributed by atoms with E-state index in [1.54, 1.807) is 19.2 Å². The average Bonchev–Trinajstić information content (AvgIpc) is 2.90. The number of aromatic nitrogens is 2. The molecule has 0 unspecified atom stereocenters. The monoisotopic (exact) mass is 297 g/mol. The van der Waals surface area contributed by atoms with Crippen molar-refractivity contribution in [2.45, 2.75) is 6.92 Å². The van der Waals surface area contributed by atoms with E-state index < -0.39 is 5.97 Å². The second kappa shape index (κ2) is 6.95. The largest absolute Gasteiger partial charge is 0.462 e. The number of nitrogens with zero attached hydrogens (tertiary/aromatic N) is 3. The molecule has 1 aromatic heterocycles. The molecule has 0 saturated heterocycles. The molecule has 2 rings (SSSR count). The quantitative estimate of drug-likeness (QED) is 0.494. The summed E-state index contributed by atoms with van der Waals surface area (Å²) in [5, 5.41) is 8.94. The molecule has 1 heterocycles. The molecule has 0 bridgehead atoms. The minimum absolute atomic E-state index is 0.156. The number of nitrogens with one attached hydrogen (secondary N) is 1. The summed E-state index contributed by atoms with van der Waals surface area (Å²) in [6.45, 7) is 1.86. The van der Waals surface area contributed by atoms with Gasteiger partial charge in [-0.15, -0.1) is 0 Å². The standard InChI is InChI=1S/C15H15N5O2/c1-2-22-14(21)12(8-16)9-18-20-10-13(19-15(20)17)11-6-4-3-5-7-11/h3-7,9-10,18H,2H2,1H3,(H2,17,19). The first-order valence-corrected chi connectivity index (χ1v) is 6.60. The van der Waals surface area contributed by atoms with E-state index in [2.05, 4.69) is 10.4 Å². The molecule has 0 fully saturated rings. The van der Waals surface area contributed by atoms with E-state index >= 15 is 0 Å². The summed E-state index contributed by atoms with van der Waals surface area (Å²) < 4.78 is 6.18. The lowest BCUT2D eigenvalue weighted by Gasteiger charge is -2.04. The zero-order valence-corrected chi connectivity index (χ0v) is 12.0. The van der Waals surface area contributed by atoms with Crippen molar-refractivity contribution in [2.75, 3.05) is 17.8 Å². The van der Waals surface area contributed by atoms with Crippen LogP contribution in [-0.4, -0.2) is 22.2 Å². The second-order valence-corrected chi connectivity index (χ2v) is 4.24. The predicted octanol–water partition coefficient (Wildman–Crippen LogP) is 1.65.